The summed E-state index contributed by atoms with van der Waals surface area (Å²) in [5, 5.41) is 23.5. The number of carbonyl (C=O) groups excluding carboxylic acids is 4. The van der Waals surface area contributed by atoms with Crippen molar-refractivity contribution in [3.8, 4) is 16.9 Å². The Balaban J connectivity index is 0.00000210. The molecule has 8 rings (SSSR count). The van der Waals surface area contributed by atoms with E-state index >= 15 is 0 Å². The number of carbonyl (C=O) groups is 5. The number of benzene rings is 4. The molecule has 4 amide bonds. The molecule has 2 aromatic heterocycles. The number of nitrogens with zero attached hydrogens (tertiary/aromatic N) is 4. The molecule has 0 spiro atoms. The van der Waals surface area contributed by atoms with Crippen molar-refractivity contribution in [1.29, 1.82) is 0 Å². The monoisotopic (exact) mass is 928 g/mol. The van der Waals surface area contributed by atoms with Gasteiger partial charge in [-0.2, -0.15) is 5.10 Å². The molecular weight excluding hydrogens is 880 g/mol. The van der Waals surface area contributed by atoms with Crippen molar-refractivity contribution in [3.05, 3.63) is 159 Å². The van der Waals surface area contributed by atoms with Crippen molar-refractivity contribution in [2.45, 2.75) is 56.9 Å². The van der Waals surface area contributed by atoms with Crippen molar-refractivity contribution in [2.24, 2.45) is 0 Å². The number of imide groups is 1. The first-order chi connectivity index (χ1) is 32.1. The fourth-order valence-electron chi connectivity index (χ4n) is 8.09. The Labute approximate surface area is 392 Å². The molecule has 2 fully saturated rings. The van der Waals surface area contributed by atoms with E-state index in [2.05, 4.69) is 72.6 Å². The summed E-state index contributed by atoms with van der Waals surface area (Å²) >= 11 is 13.0. The second-order valence-corrected chi connectivity index (χ2v) is 16.9. The number of anilines is 2. The van der Waals surface area contributed by atoms with Crippen LogP contribution in [0.5, 0.6) is 0 Å². The van der Waals surface area contributed by atoms with Gasteiger partial charge in [0.15, 0.2) is 5.69 Å². The van der Waals surface area contributed by atoms with Gasteiger partial charge in [0.1, 0.15) is 11.9 Å². The van der Waals surface area contributed by atoms with Crippen LogP contribution in [0.4, 0.5) is 11.5 Å². The standard InChI is InChI=1S/C49H48Cl2N8O4.CH2O2/c50-40-30-41(51)39(29-38(40)42-10-4-5-24-52-42)47(61)55-45-31-44(57-59(45)37-8-2-1-3-9-37)48(62)53-25-6-7-32-11-13-33(14-12-32)21-26-58-27-22-35(23-28-58)34-15-17-36(18-16-34)54-43-19-20-46(60)56-49(43)63;2-1-3/h1-5,8-18,24,29-31,35,43,54H,6-7,19-23,25-28H2,(H,53,62)(H,55,61)(H,56,60,63);1H,(H,2,3). The molecule has 2 saturated heterocycles. The predicted molar refractivity (Wildman–Crippen MR) is 255 cm³/mol. The average molecular weight is 930 g/mol. The first-order valence-electron chi connectivity index (χ1n) is 21.8. The van der Waals surface area contributed by atoms with E-state index in [1.807, 2.05) is 48.5 Å². The Hall–Kier alpha value is -6.87. The van der Waals surface area contributed by atoms with E-state index in [-0.39, 0.29) is 46.5 Å². The number of halogens is 2. The summed E-state index contributed by atoms with van der Waals surface area (Å²) in [6.07, 6.45) is 7.27. The van der Waals surface area contributed by atoms with Crippen LogP contribution >= 0.6 is 23.2 Å². The van der Waals surface area contributed by atoms with E-state index in [0.717, 1.165) is 57.4 Å². The van der Waals surface area contributed by atoms with Crippen LogP contribution in [0.2, 0.25) is 10.0 Å². The van der Waals surface area contributed by atoms with Crippen molar-refractivity contribution in [3.63, 3.8) is 0 Å². The molecule has 4 aromatic carbocycles. The number of carboxylic acid groups (broad SMARTS) is 1. The van der Waals surface area contributed by atoms with E-state index in [9.17, 15) is 19.2 Å². The normalized spacial score (nSPS) is 15.2. The number of rotatable bonds is 15. The number of hydrogen-bond acceptors (Lipinski definition) is 9. The smallest absolute Gasteiger partial charge is 0.290 e. The minimum Gasteiger partial charge on any atom is -0.483 e. The molecule has 14 nitrogen and oxygen atoms in total. The van der Waals surface area contributed by atoms with Gasteiger partial charge in [-0.15, -0.1) is 0 Å². The minimum absolute atomic E-state index is 0.161. The van der Waals surface area contributed by atoms with Crippen LogP contribution in [-0.4, -0.2) is 87.1 Å². The number of hydrogen-bond donors (Lipinski definition) is 5. The number of piperidine rings is 2. The summed E-state index contributed by atoms with van der Waals surface area (Å²) in [5.41, 5.74) is 6.91. The molecule has 340 valence electrons. The second kappa shape index (κ2) is 22.8. The molecule has 5 N–H and O–H groups in total. The lowest BCUT2D eigenvalue weighted by atomic mass is 9.89. The summed E-state index contributed by atoms with van der Waals surface area (Å²) in [6.45, 7) is 3.33. The number of amides is 4. The van der Waals surface area contributed by atoms with Crippen LogP contribution in [0.1, 0.15) is 75.6 Å². The Morgan fingerprint density at radius 2 is 1.52 bits per heavy atom. The number of nitrogens with one attached hydrogen (secondary N) is 4. The Bertz CT molecular complexity index is 2620. The second-order valence-electron chi connectivity index (χ2n) is 16.1. The first kappa shape index (κ1) is 47.1. The third-order valence-electron chi connectivity index (χ3n) is 11.6. The van der Waals surface area contributed by atoms with Gasteiger partial charge in [-0.25, -0.2) is 4.68 Å². The highest BCUT2D eigenvalue weighted by molar-refractivity contribution is 6.38. The van der Waals surface area contributed by atoms with E-state index in [0.29, 0.717) is 53.1 Å². The molecule has 4 heterocycles. The van der Waals surface area contributed by atoms with E-state index in [1.165, 1.54) is 27.4 Å². The van der Waals surface area contributed by atoms with Crippen LogP contribution in [0.3, 0.4) is 0 Å². The first-order valence-corrected chi connectivity index (χ1v) is 22.6. The maximum atomic E-state index is 13.7. The lowest BCUT2D eigenvalue weighted by molar-refractivity contribution is -0.133. The third kappa shape index (κ3) is 12.5. The molecule has 0 radical (unpaired) electrons. The predicted octanol–water partition coefficient (Wildman–Crippen LogP) is 8.20. The fourth-order valence-corrected chi connectivity index (χ4v) is 8.66. The van der Waals surface area contributed by atoms with Gasteiger partial charge in [0, 0.05) is 43.0 Å². The van der Waals surface area contributed by atoms with Crippen LogP contribution in [-0.2, 0) is 27.2 Å². The minimum atomic E-state index is -0.493. The van der Waals surface area contributed by atoms with Crippen LogP contribution in [0.25, 0.3) is 16.9 Å². The molecule has 2 aliphatic heterocycles. The highest BCUT2D eigenvalue weighted by Crippen LogP contribution is 2.33. The third-order valence-corrected chi connectivity index (χ3v) is 12.3. The molecule has 1 unspecified atom stereocenters. The van der Waals surface area contributed by atoms with Crippen molar-refractivity contribution >= 4 is 64.8 Å². The zero-order valence-electron chi connectivity index (χ0n) is 36.1. The average Bonchev–Trinajstić information content (AvgIpc) is 3.76. The van der Waals surface area contributed by atoms with Crippen molar-refractivity contribution < 1.29 is 29.1 Å². The van der Waals surface area contributed by atoms with Crippen LogP contribution in [0.15, 0.2) is 121 Å². The lowest BCUT2D eigenvalue weighted by Gasteiger charge is -2.32. The van der Waals surface area contributed by atoms with Gasteiger partial charge in [0.25, 0.3) is 18.3 Å². The van der Waals surface area contributed by atoms with Gasteiger partial charge in [-0.3, -0.25) is 34.3 Å². The van der Waals surface area contributed by atoms with Gasteiger partial charge >= 0.3 is 0 Å². The number of aryl methyl sites for hydroxylation is 1. The molecule has 16 heteroatoms. The van der Waals surface area contributed by atoms with E-state index in [4.69, 9.17) is 33.1 Å². The highest BCUT2D eigenvalue weighted by atomic mass is 35.5. The largest absolute Gasteiger partial charge is 0.483 e. The zero-order chi connectivity index (χ0) is 46.4. The Morgan fingerprint density at radius 3 is 2.20 bits per heavy atom. The van der Waals surface area contributed by atoms with E-state index < -0.39 is 5.91 Å². The van der Waals surface area contributed by atoms with E-state index in [1.54, 1.807) is 30.5 Å². The summed E-state index contributed by atoms with van der Waals surface area (Å²) in [4.78, 5) is 65.9. The van der Waals surface area contributed by atoms with Gasteiger partial charge in [-0.05, 0) is 123 Å². The number of likely N-dealkylation sites (tertiary alicyclic amines) is 1. The summed E-state index contributed by atoms with van der Waals surface area (Å²) in [6, 6.07) is 36.1. The summed E-state index contributed by atoms with van der Waals surface area (Å²) in [7, 11) is 0. The number of aromatic nitrogens is 3. The van der Waals surface area contributed by atoms with Crippen molar-refractivity contribution in [1.82, 2.24) is 30.3 Å². The Morgan fingerprint density at radius 1 is 0.818 bits per heavy atom. The molecular formula is C50H50Cl2N8O6. The zero-order valence-corrected chi connectivity index (χ0v) is 37.6. The lowest BCUT2D eigenvalue weighted by Crippen LogP contribution is -2.47. The maximum Gasteiger partial charge on any atom is 0.290 e. The molecule has 0 saturated carbocycles. The molecule has 6 aromatic rings. The molecule has 0 aliphatic carbocycles. The molecule has 2 aliphatic rings. The quantitative estimate of drug-likeness (QED) is 0.0382. The highest BCUT2D eigenvalue weighted by Gasteiger charge is 2.27. The van der Waals surface area contributed by atoms with Gasteiger partial charge < -0.3 is 26.0 Å². The molecule has 0 bridgehead atoms. The molecule has 1 atom stereocenters. The molecule has 66 heavy (non-hydrogen) atoms. The van der Waals surface area contributed by atoms with Gasteiger partial charge in [0.05, 0.1) is 27.0 Å². The summed E-state index contributed by atoms with van der Waals surface area (Å²) < 4.78 is 1.52. The fraction of sp³-hybridized carbons (Fsp3) is 0.260. The van der Waals surface area contributed by atoms with Gasteiger partial charge in [0.2, 0.25) is 11.8 Å². The topological polar surface area (TPSA) is 188 Å². The maximum absolute atomic E-state index is 13.7. The number of pyridine rings is 1. The number of para-hydroxylation sites is 1. The van der Waals surface area contributed by atoms with Crippen molar-refractivity contribution in [2.75, 3.05) is 36.8 Å². The summed E-state index contributed by atoms with van der Waals surface area (Å²) in [5.74, 6) is -0.494. The Kier molecular flexibility index (Phi) is 16.3. The van der Waals surface area contributed by atoms with Gasteiger partial charge in [-0.1, -0.05) is 83.9 Å². The van der Waals surface area contributed by atoms with Crippen LogP contribution < -0.4 is 21.3 Å². The SMILES string of the molecule is O=C1CCC(Nc2ccc(C3CCN(CCc4ccc(CCCNC(=O)c5cc(NC(=O)c6cc(-c7ccccn7)c(Cl)cc6Cl)n(-c6ccccc6)n5)cc4)CC3)cc2)C(=O)N1.O=CO. The van der Waals surface area contributed by atoms with Crippen LogP contribution in [0, 0.1) is 0 Å².